The number of nitrogens with zero attached hydrogens (tertiary/aromatic N) is 4. The summed E-state index contributed by atoms with van der Waals surface area (Å²) < 4.78 is 9.56. The molecular weight excluding hydrogens is 422 g/mol. The molecule has 0 aliphatic carbocycles. The number of hydrogen-bond donors (Lipinski definition) is 2. The third kappa shape index (κ3) is 3.85. The zero-order valence-electron chi connectivity index (χ0n) is 18.2. The second-order valence-corrected chi connectivity index (χ2v) is 8.36. The van der Waals surface area contributed by atoms with Crippen LogP contribution >= 0.6 is 0 Å². The fourth-order valence-electron chi connectivity index (χ4n) is 4.50. The molecule has 3 N–H and O–H groups in total. The number of β-amino-alcohol motifs (C(OH)–C–C–N with tert-alkyl or cyclic N) is 1. The fraction of sp³-hybridized carbons (Fsp3) is 0.292. The van der Waals surface area contributed by atoms with E-state index in [0.29, 0.717) is 12.1 Å². The van der Waals surface area contributed by atoms with E-state index in [9.17, 15) is 14.7 Å². The Bertz CT molecular complexity index is 1360. The van der Waals surface area contributed by atoms with Crippen LogP contribution in [0.15, 0.2) is 54.7 Å². The van der Waals surface area contributed by atoms with Crippen LogP contribution in [-0.4, -0.2) is 61.7 Å². The van der Waals surface area contributed by atoms with Gasteiger partial charge in [-0.25, -0.2) is 4.98 Å². The lowest BCUT2D eigenvalue weighted by molar-refractivity contribution is -0.136. The lowest BCUT2D eigenvalue weighted by atomic mass is 10.1. The van der Waals surface area contributed by atoms with Gasteiger partial charge in [0.15, 0.2) is 0 Å². The molecule has 0 spiro atoms. The molecule has 0 radical (unpaired) electrons. The maximum atomic E-state index is 12.7. The number of ether oxygens (including phenoxy) is 1. The number of benzene rings is 2. The molecule has 1 aliphatic rings. The topological polar surface area (TPSA) is 116 Å². The number of carbonyl (C=O) groups is 2. The van der Waals surface area contributed by atoms with Crippen molar-refractivity contribution in [1.82, 2.24) is 19.0 Å². The first-order valence-corrected chi connectivity index (χ1v) is 10.8. The predicted octanol–water partition coefficient (Wildman–Crippen LogP) is 1.59. The first kappa shape index (κ1) is 21.2. The zero-order chi connectivity index (χ0) is 23.1. The van der Waals surface area contributed by atoms with Crippen LogP contribution in [0, 0.1) is 0 Å². The average molecular weight is 447 g/mol. The van der Waals surface area contributed by atoms with Crippen LogP contribution in [0.2, 0.25) is 0 Å². The minimum Gasteiger partial charge on any atom is -0.389 e. The third-order valence-corrected chi connectivity index (χ3v) is 6.31. The Labute approximate surface area is 190 Å². The van der Waals surface area contributed by atoms with E-state index < -0.39 is 12.0 Å². The lowest BCUT2D eigenvalue weighted by Gasteiger charge is -2.18. The molecule has 2 amide bonds. The summed E-state index contributed by atoms with van der Waals surface area (Å²) in [6.45, 7) is 0.743. The van der Waals surface area contributed by atoms with Crippen LogP contribution in [-0.2, 0) is 23.2 Å². The van der Waals surface area contributed by atoms with Gasteiger partial charge in [0.05, 0.1) is 23.2 Å². The number of primary amides is 1. The number of para-hydroxylation sites is 2. The molecule has 1 fully saturated rings. The molecule has 0 unspecified atom stereocenters. The van der Waals surface area contributed by atoms with Gasteiger partial charge in [0.25, 0.3) is 0 Å². The average Bonchev–Trinajstić information content (AvgIpc) is 3.49. The fourth-order valence-corrected chi connectivity index (χ4v) is 4.50. The van der Waals surface area contributed by atoms with Crippen molar-refractivity contribution in [3.63, 3.8) is 0 Å². The highest BCUT2D eigenvalue weighted by atomic mass is 16.5. The zero-order valence-corrected chi connectivity index (χ0v) is 18.2. The molecule has 9 nitrogen and oxygen atoms in total. The lowest BCUT2D eigenvalue weighted by Crippen LogP contribution is -2.33. The summed E-state index contributed by atoms with van der Waals surface area (Å²) in [7, 11) is 1.92. The summed E-state index contributed by atoms with van der Waals surface area (Å²) in [5, 5.41) is 11.5. The van der Waals surface area contributed by atoms with E-state index in [2.05, 4.69) is 4.98 Å². The van der Waals surface area contributed by atoms with Crippen molar-refractivity contribution in [3.05, 3.63) is 66.1 Å². The molecule has 4 aromatic rings. The molecule has 9 heteroatoms. The number of aliphatic hydroxyl groups excluding tert-OH is 1. The summed E-state index contributed by atoms with van der Waals surface area (Å²) in [6.07, 6.45) is 1.15. The highest BCUT2D eigenvalue weighted by molar-refractivity contribution is 5.97. The summed E-state index contributed by atoms with van der Waals surface area (Å²) in [5.41, 5.74) is 8.56. The van der Waals surface area contributed by atoms with E-state index in [1.807, 2.05) is 58.8 Å². The number of amides is 2. The highest BCUT2D eigenvalue weighted by Crippen LogP contribution is 2.28. The predicted molar refractivity (Wildman–Crippen MR) is 122 cm³/mol. The largest absolute Gasteiger partial charge is 0.389 e. The normalized spacial score (nSPS) is 18.4. The molecule has 1 aliphatic heterocycles. The van der Waals surface area contributed by atoms with E-state index in [0.717, 1.165) is 27.8 Å². The number of aryl methyl sites for hydroxylation is 1. The van der Waals surface area contributed by atoms with Gasteiger partial charge < -0.3 is 29.6 Å². The van der Waals surface area contributed by atoms with Gasteiger partial charge >= 0.3 is 0 Å². The number of hydrogen-bond acceptors (Lipinski definition) is 5. The first-order valence-electron chi connectivity index (χ1n) is 10.8. The van der Waals surface area contributed by atoms with Crippen molar-refractivity contribution in [3.8, 4) is 0 Å². The van der Waals surface area contributed by atoms with Gasteiger partial charge in [0.2, 0.25) is 11.8 Å². The highest BCUT2D eigenvalue weighted by Gasteiger charge is 2.35. The summed E-state index contributed by atoms with van der Waals surface area (Å²) >= 11 is 0. The van der Waals surface area contributed by atoms with Crippen LogP contribution in [0.25, 0.3) is 21.9 Å². The summed E-state index contributed by atoms with van der Waals surface area (Å²) in [6, 6.07) is 14.6. The number of carbonyl (C=O) groups excluding carboxylic acids is 2. The molecule has 2 atom stereocenters. The van der Waals surface area contributed by atoms with Crippen LogP contribution in [0.1, 0.15) is 22.2 Å². The van der Waals surface area contributed by atoms with E-state index in [-0.39, 0.29) is 31.7 Å². The van der Waals surface area contributed by atoms with Gasteiger partial charge in [-0.15, -0.1) is 0 Å². The molecular formula is C24H25N5O4. The first-order chi connectivity index (χ1) is 15.9. The van der Waals surface area contributed by atoms with Gasteiger partial charge in [-0.05, 0) is 36.4 Å². The number of aliphatic hydroxyl groups is 1. The number of nitrogens with two attached hydrogens (primary N) is 1. The number of imidazole rings is 1. The van der Waals surface area contributed by atoms with Crippen molar-refractivity contribution in [1.29, 1.82) is 0 Å². The minimum absolute atomic E-state index is 0.0863. The number of aromatic nitrogens is 3. The molecule has 33 heavy (non-hydrogen) atoms. The van der Waals surface area contributed by atoms with Crippen LogP contribution in [0.4, 0.5) is 0 Å². The summed E-state index contributed by atoms with van der Waals surface area (Å²) in [4.78, 5) is 30.3. The molecule has 2 aromatic heterocycles. The van der Waals surface area contributed by atoms with Crippen molar-refractivity contribution in [2.24, 2.45) is 12.8 Å². The maximum absolute atomic E-state index is 12.7. The van der Waals surface area contributed by atoms with E-state index >= 15 is 0 Å². The monoisotopic (exact) mass is 447 g/mol. The number of likely N-dealkylation sites (tertiary alicyclic amines) is 1. The molecule has 170 valence electrons. The quantitative estimate of drug-likeness (QED) is 0.466. The molecule has 3 heterocycles. The minimum atomic E-state index is -0.708. The Morgan fingerprint density at radius 1 is 1.15 bits per heavy atom. The van der Waals surface area contributed by atoms with Crippen LogP contribution in [0.3, 0.4) is 0 Å². The Morgan fingerprint density at radius 2 is 1.97 bits per heavy atom. The van der Waals surface area contributed by atoms with Crippen molar-refractivity contribution >= 4 is 33.8 Å². The molecule has 2 aromatic carbocycles. The second kappa shape index (κ2) is 8.34. The van der Waals surface area contributed by atoms with Gasteiger partial charge in [0.1, 0.15) is 19.0 Å². The standard InChI is InChI=1S/C24H25N5O4/c1-27-19-5-3-2-4-17(19)26-22(27)13-33-14-23(31)28-11-20(21(30)12-28)29-9-8-15-10-16(24(25)32)6-7-18(15)29/h2-10,20-21,30H,11-14H2,1H3,(H2,25,32)/t20-,21-/m1/s1. The third-order valence-electron chi connectivity index (χ3n) is 6.31. The molecule has 5 rings (SSSR count). The number of fused-ring (bicyclic) bond motifs is 2. The summed E-state index contributed by atoms with van der Waals surface area (Å²) in [5.74, 6) is 0.0845. The Balaban J connectivity index is 1.23. The van der Waals surface area contributed by atoms with Crippen LogP contribution in [0.5, 0.6) is 0 Å². The van der Waals surface area contributed by atoms with Gasteiger partial charge in [-0.1, -0.05) is 12.1 Å². The Morgan fingerprint density at radius 3 is 2.76 bits per heavy atom. The van der Waals surface area contributed by atoms with Gasteiger partial charge in [-0.3, -0.25) is 9.59 Å². The van der Waals surface area contributed by atoms with Crippen LogP contribution < -0.4 is 5.73 Å². The van der Waals surface area contributed by atoms with E-state index in [1.54, 1.807) is 17.0 Å². The van der Waals surface area contributed by atoms with Crippen molar-refractivity contribution in [2.45, 2.75) is 18.8 Å². The van der Waals surface area contributed by atoms with E-state index in [4.69, 9.17) is 10.5 Å². The maximum Gasteiger partial charge on any atom is 0.248 e. The van der Waals surface area contributed by atoms with Crippen molar-refractivity contribution in [2.75, 3.05) is 19.7 Å². The van der Waals surface area contributed by atoms with Gasteiger partial charge in [-0.2, -0.15) is 0 Å². The number of rotatable bonds is 6. The second-order valence-electron chi connectivity index (χ2n) is 8.36. The SMILES string of the molecule is Cn1c(COCC(=O)N2C[C@@H](O)[C@H](n3ccc4cc(C(N)=O)ccc43)C2)nc2ccccc21. The molecule has 1 saturated heterocycles. The molecule has 0 bridgehead atoms. The molecule has 0 saturated carbocycles. The van der Waals surface area contributed by atoms with E-state index in [1.165, 1.54) is 0 Å². The smallest absolute Gasteiger partial charge is 0.248 e. The Hall–Kier alpha value is -3.69. The Kier molecular flexibility index (Phi) is 5.35. The van der Waals surface area contributed by atoms with Crippen molar-refractivity contribution < 1.29 is 19.4 Å². The van der Waals surface area contributed by atoms with Gasteiger partial charge in [0, 0.05) is 42.8 Å².